The minimum atomic E-state index is -0.919. The van der Waals surface area contributed by atoms with Gasteiger partial charge >= 0.3 is 0 Å². The second-order valence-corrected chi connectivity index (χ2v) is 5.63. The first-order valence-corrected chi connectivity index (χ1v) is 7.85. The van der Waals surface area contributed by atoms with Crippen molar-refractivity contribution >= 4 is 34.3 Å². The second kappa shape index (κ2) is 7.50. The molecule has 2 N–H and O–H groups in total. The number of carbonyl (C=O) groups is 1. The van der Waals surface area contributed by atoms with Gasteiger partial charge in [0.05, 0.1) is 22.1 Å². The van der Waals surface area contributed by atoms with Crippen LogP contribution < -0.4 is 5.43 Å². The zero-order valence-corrected chi connectivity index (χ0v) is 14.1. The molecule has 0 unspecified atom stereocenters. The fraction of sp³-hybridized carbons (Fsp3) is 0. The summed E-state index contributed by atoms with van der Waals surface area (Å²) in [5.41, 5.74) is 0.887. The Hall–Kier alpha value is -4.34. The number of nitrogens with one attached hydrogen (secondary N) is 1. The summed E-state index contributed by atoms with van der Waals surface area (Å²) in [7, 11) is 0. The van der Waals surface area contributed by atoms with Crippen LogP contribution in [0.4, 0.5) is 11.4 Å². The molecule has 28 heavy (non-hydrogen) atoms. The molecule has 0 spiro atoms. The molecule has 0 radical (unpaired) electrons. The molecule has 0 aliphatic carbocycles. The molecule has 10 nitrogen and oxygen atoms in total. The highest BCUT2D eigenvalue weighted by Crippen LogP contribution is 2.26. The molecule has 0 saturated carbocycles. The number of hydrazone groups is 1. The summed E-state index contributed by atoms with van der Waals surface area (Å²) < 4.78 is 0. The Balaban J connectivity index is 1.88. The molecule has 0 fully saturated rings. The lowest BCUT2D eigenvalue weighted by atomic mass is 10.0. The van der Waals surface area contributed by atoms with Crippen molar-refractivity contribution in [2.24, 2.45) is 5.10 Å². The van der Waals surface area contributed by atoms with E-state index in [1.165, 1.54) is 12.3 Å². The highest BCUT2D eigenvalue weighted by molar-refractivity contribution is 6.03. The molecule has 0 bridgehead atoms. The molecule has 10 heteroatoms. The first-order chi connectivity index (χ1) is 13.4. The average molecular weight is 380 g/mol. The van der Waals surface area contributed by atoms with Crippen molar-refractivity contribution in [3.63, 3.8) is 0 Å². The second-order valence-electron chi connectivity index (χ2n) is 5.63. The van der Waals surface area contributed by atoms with Crippen molar-refractivity contribution in [2.45, 2.75) is 0 Å². The summed E-state index contributed by atoms with van der Waals surface area (Å²) >= 11 is 0. The Morgan fingerprint density at radius 3 is 2.50 bits per heavy atom. The number of rotatable bonds is 5. The van der Waals surface area contributed by atoms with Gasteiger partial charge in [0.1, 0.15) is 11.3 Å². The van der Waals surface area contributed by atoms with Crippen LogP contribution in [0.15, 0.2) is 59.7 Å². The number of fused-ring (bicyclic) bond motifs is 1. The maximum Gasteiger partial charge on any atom is 0.289 e. The molecular formula is C18H12N4O6. The number of hydrogen-bond donors (Lipinski definition) is 2. The Morgan fingerprint density at radius 2 is 1.79 bits per heavy atom. The minimum absolute atomic E-state index is 0.0574. The minimum Gasteiger partial charge on any atom is -0.507 e. The molecule has 0 heterocycles. The summed E-state index contributed by atoms with van der Waals surface area (Å²) in [4.78, 5) is 32.4. The molecule has 0 aromatic heterocycles. The van der Waals surface area contributed by atoms with Crippen molar-refractivity contribution in [3.8, 4) is 5.75 Å². The van der Waals surface area contributed by atoms with E-state index in [-0.39, 0.29) is 11.3 Å². The first kappa shape index (κ1) is 18.5. The number of non-ortho nitro benzene ring substituents is 1. The molecule has 3 aromatic carbocycles. The number of aromatic hydroxyl groups is 1. The molecular weight excluding hydrogens is 368 g/mol. The Labute approximate surface area is 157 Å². The van der Waals surface area contributed by atoms with Crippen LogP contribution in [0.2, 0.25) is 0 Å². The third-order valence-corrected chi connectivity index (χ3v) is 3.94. The van der Waals surface area contributed by atoms with E-state index in [2.05, 4.69) is 10.5 Å². The van der Waals surface area contributed by atoms with Gasteiger partial charge in [-0.15, -0.1) is 0 Å². The summed E-state index contributed by atoms with van der Waals surface area (Å²) in [5, 5.41) is 37.2. The number of hydrogen-bond acceptors (Lipinski definition) is 7. The predicted molar refractivity (Wildman–Crippen MR) is 100 cm³/mol. The normalized spacial score (nSPS) is 10.9. The zero-order valence-electron chi connectivity index (χ0n) is 14.1. The highest BCUT2D eigenvalue weighted by atomic mass is 16.6. The maximum atomic E-state index is 12.2. The van der Waals surface area contributed by atoms with E-state index < -0.39 is 27.1 Å². The van der Waals surface area contributed by atoms with Gasteiger partial charge in [0.2, 0.25) is 0 Å². The van der Waals surface area contributed by atoms with Crippen LogP contribution in [0.1, 0.15) is 15.9 Å². The van der Waals surface area contributed by atoms with E-state index >= 15 is 0 Å². The summed E-state index contributed by atoms with van der Waals surface area (Å²) in [6.07, 6.45) is 1.22. The van der Waals surface area contributed by atoms with E-state index in [0.29, 0.717) is 17.0 Å². The van der Waals surface area contributed by atoms with Gasteiger partial charge in [-0.3, -0.25) is 25.0 Å². The SMILES string of the molecule is O=C(N/N=C\c1c(O)ccc2ccccc12)c1ccc([N+](=O)[O-])cc1[N+](=O)[O-]. The Morgan fingerprint density at radius 1 is 1.04 bits per heavy atom. The maximum absolute atomic E-state index is 12.2. The van der Waals surface area contributed by atoms with Gasteiger partial charge in [-0.25, -0.2) is 5.43 Å². The lowest BCUT2D eigenvalue weighted by molar-refractivity contribution is -0.394. The third-order valence-electron chi connectivity index (χ3n) is 3.94. The van der Waals surface area contributed by atoms with Gasteiger partial charge in [-0.1, -0.05) is 30.3 Å². The van der Waals surface area contributed by atoms with Crippen LogP contribution in [-0.2, 0) is 0 Å². The van der Waals surface area contributed by atoms with Crippen LogP contribution >= 0.6 is 0 Å². The highest BCUT2D eigenvalue weighted by Gasteiger charge is 2.23. The third kappa shape index (κ3) is 3.60. The number of phenols is 1. The number of nitro benzene ring substituents is 2. The number of carbonyl (C=O) groups excluding carboxylic acids is 1. The van der Waals surface area contributed by atoms with Crippen molar-refractivity contribution < 1.29 is 19.7 Å². The average Bonchev–Trinajstić information content (AvgIpc) is 2.68. The molecule has 3 rings (SSSR count). The summed E-state index contributed by atoms with van der Waals surface area (Å²) in [6, 6.07) is 13.1. The van der Waals surface area contributed by atoms with E-state index in [1.54, 1.807) is 18.2 Å². The van der Waals surface area contributed by atoms with Crippen molar-refractivity contribution in [2.75, 3.05) is 0 Å². The standard InChI is InChI=1S/C18H12N4O6/c23-17-8-5-11-3-1-2-4-13(11)15(17)10-19-20-18(24)14-7-6-12(21(25)26)9-16(14)22(27)28/h1-10,23H,(H,20,24)/b19-10-. The van der Waals surface area contributed by atoms with Gasteiger partial charge < -0.3 is 5.11 Å². The fourth-order valence-electron chi connectivity index (χ4n) is 2.61. The van der Waals surface area contributed by atoms with Crippen molar-refractivity contribution in [3.05, 3.63) is 86.0 Å². The number of benzene rings is 3. The number of nitro groups is 2. The summed E-state index contributed by atoms with van der Waals surface area (Å²) in [6.45, 7) is 0. The van der Waals surface area contributed by atoms with Gasteiger partial charge in [-0.05, 0) is 22.9 Å². The molecule has 0 saturated heterocycles. The van der Waals surface area contributed by atoms with Gasteiger partial charge in [0.15, 0.2) is 0 Å². The van der Waals surface area contributed by atoms with E-state index in [4.69, 9.17) is 0 Å². The molecule has 3 aromatic rings. The van der Waals surface area contributed by atoms with Crippen molar-refractivity contribution in [1.29, 1.82) is 0 Å². The molecule has 1 amide bonds. The lowest BCUT2D eigenvalue weighted by Gasteiger charge is -2.05. The predicted octanol–water partition coefficient (Wildman–Crippen LogP) is 3.13. The number of nitrogens with zero attached hydrogens (tertiary/aromatic N) is 3. The van der Waals surface area contributed by atoms with Crippen LogP contribution in [0.3, 0.4) is 0 Å². The number of amides is 1. The smallest absolute Gasteiger partial charge is 0.289 e. The van der Waals surface area contributed by atoms with Crippen molar-refractivity contribution in [1.82, 2.24) is 5.43 Å². The lowest BCUT2D eigenvalue weighted by Crippen LogP contribution is -2.19. The Kier molecular flexibility index (Phi) is 4.94. The molecule has 0 aliphatic rings. The monoisotopic (exact) mass is 380 g/mol. The Bertz CT molecular complexity index is 1140. The molecule has 140 valence electrons. The van der Waals surface area contributed by atoms with E-state index in [1.807, 2.05) is 12.1 Å². The topological polar surface area (TPSA) is 148 Å². The van der Waals surface area contributed by atoms with Crippen LogP contribution in [-0.4, -0.2) is 27.1 Å². The molecule has 0 aliphatic heterocycles. The quantitative estimate of drug-likeness (QED) is 0.395. The van der Waals surface area contributed by atoms with E-state index in [0.717, 1.165) is 17.5 Å². The fourth-order valence-corrected chi connectivity index (χ4v) is 2.61. The number of phenolic OH excluding ortho intramolecular Hbond substituents is 1. The molecule has 0 atom stereocenters. The summed E-state index contributed by atoms with van der Waals surface area (Å²) in [5.74, 6) is -0.976. The van der Waals surface area contributed by atoms with Gasteiger partial charge in [0, 0.05) is 11.6 Å². The largest absolute Gasteiger partial charge is 0.507 e. The van der Waals surface area contributed by atoms with Gasteiger partial charge in [-0.2, -0.15) is 5.10 Å². The van der Waals surface area contributed by atoms with Crippen LogP contribution in [0.5, 0.6) is 5.75 Å². The van der Waals surface area contributed by atoms with E-state index in [9.17, 15) is 30.1 Å². The van der Waals surface area contributed by atoms with Crippen LogP contribution in [0.25, 0.3) is 10.8 Å². The first-order valence-electron chi connectivity index (χ1n) is 7.85. The zero-order chi connectivity index (χ0) is 20.3. The van der Waals surface area contributed by atoms with Gasteiger partial charge in [0.25, 0.3) is 17.3 Å². The van der Waals surface area contributed by atoms with Crippen LogP contribution in [0, 0.1) is 20.2 Å².